The lowest BCUT2D eigenvalue weighted by molar-refractivity contribution is -0.167. The van der Waals surface area contributed by atoms with Gasteiger partial charge < -0.3 is 14.2 Å². The van der Waals surface area contributed by atoms with Gasteiger partial charge in [-0.05, 0) is 95.4 Å². The summed E-state index contributed by atoms with van der Waals surface area (Å²) in [7, 11) is 0. The van der Waals surface area contributed by atoms with E-state index in [2.05, 4.69) is 72.5 Å². The molecule has 0 amide bonds. The molecule has 0 aliphatic heterocycles. The number of hydrogen-bond acceptors (Lipinski definition) is 7. The maximum atomic E-state index is 12.6. The van der Waals surface area contributed by atoms with Crippen molar-refractivity contribution in [1.82, 2.24) is 0 Å². The summed E-state index contributed by atoms with van der Waals surface area (Å²) in [5.41, 5.74) is 8.37. The van der Waals surface area contributed by atoms with Crippen molar-refractivity contribution in [1.29, 1.82) is 0 Å². The van der Waals surface area contributed by atoms with Crippen LogP contribution in [0.3, 0.4) is 0 Å². The van der Waals surface area contributed by atoms with Gasteiger partial charge in [0.05, 0.1) is 0 Å². The Balaban J connectivity index is 4.34. The van der Waals surface area contributed by atoms with Gasteiger partial charge in [0.1, 0.15) is 13.2 Å². The van der Waals surface area contributed by atoms with Gasteiger partial charge in [0.2, 0.25) is 0 Å². The number of allylic oxidation sites excluding steroid dienone is 8. The fourth-order valence-corrected chi connectivity index (χ4v) is 5.71. The number of carbonyl (C=O) groups excluding carboxylic acids is 3. The first kappa shape index (κ1) is 50.7. The summed E-state index contributed by atoms with van der Waals surface area (Å²) in [6.07, 6.45) is 44.4. The molecule has 0 aromatic heterocycles. The first-order valence-electron chi connectivity index (χ1n) is 21.6. The van der Waals surface area contributed by atoms with Gasteiger partial charge in [0.25, 0.3) is 0 Å². The number of carbonyl (C=O) groups is 3. The first-order chi connectivity index (χ1) is 26.5. The molecule has 308 valence electrons. The second kappa shape index (κ2) is 42.4. The molecule has 0 fully saturated rings. The van der Waals surface area contributed by atoms with Crippen molar-refractivity contribution in [3.63, 3.8) is 0 Å². The molecule has 0 aliphatic carbocycles. The second-order valence-electron chi connectivity index (χ2n) is 14.2. The highest BCUT2D eigenvalue weighted by Gasteiger charge is 2.19. The van der Waals surface area contributed by atoms with Crippen LogP contribution in [0.4, 0.5) is 0 Å². The summed E-state index contributed by atoms with van der Waals surface area (Å²) in [4.78, 5) is 40.1. The monoisotopic (exact) mass is 756 g/mol. The molecule has 0 aromatic rings. The smallest absolute Gasteiger partial charge is 0.306 e. The third-order valence-electron chi connectivity index (χ3n) is 9.02. The zero-order chi connectivity index (χ0) is 39.4. The minimum absolute atomic E-state index is 0.132. The van der Waals surface area contributed by atoms with Crippen LogP contribution in [-0.2, 0) is 28.6 Å². The Hall–Kier alpha value is -3.32. The Bertz CT molecular complexity index is 1060. The number of hydrogen-bond donors (Lipinski definition) is 0. The molecule has 54 heavy (non-hydrogen) atoms. The van der Waals surface area contributed by atoms with E-state index in [1.165, 1.54) is 51.4 Å². The van der Waals surface area contributed by atoms with Crippen LogP contribution >= 0.6 is 0 Å². The van der Waals surface area contributed by atoms with E-state index in [-0.39, 0.29) is 38.0 Å². The Morgan fingerprint density at radius 3 is 1.30 bits per heavy atom. The molecular formula is C45H77N3O6. The van der Waals surface area contributed by atoms with Crippen LogP contribution in [0.15, 0.2) is 53.7 Å². The summed E-state index contributed by atoms with van der Waals surface area (Å²) in [6.45, 7) is 4.57. The van der Waals surface area contributed by atoms with Crippen LogP contribution in [0.5, 0.6) is 0 Å². The van der Waals surface area contributed by atoms with Crippen LogP contribution < -0.4 is 0 Å². The molecule has 0 saturated carbocycles. The van der Waals surface area contributed by atoms with Crippen LogP contribution in [0.2, 0.25) is 0 Å². The summed E-state index contributed by atoms with van der Waals surface area (Å²) >= 11 is 0. The van der Waals surface area contributed by atoms with Gasteiger partial charge in [0, 0.05) is 30.7 Å². The third kappa shape index (κ3) is 39.9. The predicted octanol–water partition coefficient (Wildman–Crippen LogP) is 13.5. The van der Waals surface area contributed by atoms with Crippen molar-refractivity contribution in [2.75, 3.05) is 19.8 Å². The topological polar surface area (TPSA) is 128 Å². The molecule has 1 unspecified atom stereocenters. The molecule has 9 heteroatoms. The minimum Gasteiger partial charge on any atom is -0.462 e. The summed E-state index contributed by atoms with van der Waals surface area (Å²) in [6, 6.07) is 0. The molecule has 0 spiro atoms. The quantitative estimate of drug-likeness (QED) is 0.0117. The normalized spacial score (nSPS) is 12.2. The predicted molar refractivity (Wildman–Crippen MR) is 223 cm³/mol. The van der Waals surface area contributed by atoms with Crippen LogP contribution in [0, 0.1) is 0 Å². The van der Waals surface area contributed by atoms with Gasteiger partial charge in [-0.1, -0.05) is 138 Å². The van der Waals surface area contributed by atoms with Crippen molar-refractivity contribution in [2.24, 2.45) is 5.11 Å². The Morgan fingerprint density at radius 2 is 0.870 bits per heavy atom. The lowest BCUT2D eigenvalue weighted by Gasteiger charge is -2.18. The number of rotatable bonds is 39. The van der Waals surface area contributed by atoms with E-state index in [1.54, 1.807) is 0 Å². The minimum atomic E-state index is -0.835. The zero-order valence-electron chi connectivity index (χ0n) is 34.4. The number of unbranched alkanes of at least 4 members (excludes halogenated alkanes) is 18. The maximum Gasteiger partial charge on any atom is 0.306 e. The Kier molecular flexibility index (Phi) is 39.8. The molecule has 0 aliphatic rings. The molecule has 0 radical (unpaired) electrons. The molecule has 0 heterocycles. The Labute approximate surface area is 329 Å². The van der Waals surface area contributed by atoms with Crippen molar-refractivity contribution in [3.05, 3.63) is 59.1 Å². The number of ether oxygens (including phenoxy) is 3. The van der Waals surface area contributed by atoms with E-state index in [0.717, 1.165) is 96.3 Å². The molecular weight excluding hydrogens is 679 g/mol. The molecule has 1 atom stereocenters. The van der Waals surface area contributed by atoms with Crippen molar-refractivity contribution in [2.45, 2.75) is 200 Å². The number of azide groups is 1. The Morgan fingerprint density at radius 1 is 0.500 bits per heavy atom. The van der Waals surface area contributed by atoms with E-state index < -0.39 is 12.1 Å². The average Bonchev–Trinajstić information content (AvgIpc) is 3.17. The summed E-state index contributed by atoms with van der Waals surface area (Å²) in [5, 5.41) is 3.50. The molecule has 9 nitrogen and oxygen atoms in total. The molecule has 0 bridgehead atoms. The van der Waals surface area contributed by atoms with E-state index in [4.69, 9.17) is 19.7 Å². The van der Waals surface area contributed by atoms with Crippen molar-refractivity contribution >= 4 is 17.9 Å². The van der Waals surface area contributed by atoms with Gasteiger partial charge in [-0.25, -0.2) is 0 Å². The third-order valence-corrected chi connectivity index (χ3v) is 9.02. The average molecular weight is 756 g/mol. The molecule has 0 N–H and O–H groups in total. The lowest BCUT2D eigenvalue weighted by Crippen LogP contribution is -2.30. The maximum absolute atomic E-state index is 12.6. The fourth-order valence-electron chi connectivity index (χ4n) is 5.71. The van der Waals surface area contributed by atoms with Gasteiger partial charge in [-0.15, -0.1) is 0 Å². The van der Waals surface area contributed by atoms with Gasteiger partial charge >= 0.3 is 17.9 Å². The standard InChI is InChI=1S/C45H77N3O6/c1-3-5-7-9-11-13-15-17-19-21-23-25-27-29-32-36-43(49)52-40-42(41-53-44(50)37-34-31-35-39-47-48-46)54-45(51)38-33-30-28-26-24-22-20-18-16-14-12-10-8-6-4-2/h11-14,17-20,42H,3-10,15-16,21-41H2,1-2H3/b13-11+,14-12+,19-17+,20-18+. The van der Waals surface area contributed by atoms with E-state index in [0.29, 0.717) is 25.8 Å². The highest BCUT2D eigenvalue weighted by atomic mass is 16.6. The van der Waals surface area contributed by atoms with Crippen molar-refractivity contribution < 1.29 is 28.6 Å². The van der Waals surface area contributed by atoms with Crippen molar-refractivity contribution in [3.8, 4) is 0 Å². The largest absolute Gasteiger partial charge is 0.462 e. The van der Waals surface area contributed by atoms with Crippen LogP contribution in [-0.4, -0.2) is 43.8 Å². The highest BCUT2D eigenvalue weighted by Crippen LogP contribution is 2.12. The molecule has 0 rings (SSSR count). The van der Waals surface area contributed by atoms with Crippen LogP contribution in [0.1, 0.15) is 194 Å². The van der Waals surface area contributed by atoms with E-state index >= 15 is 0 Å². The SMILES string of the molecule is CCCCC/C=C/C/C=C/CCCCCCCC(=O)OCC(COC(=O)CCCCCN=[N+]=[N-])OC(=O)CCCCCCC/C=C/C/C=C/CCCCC. The van der Waals surface area contributed by atoms with Gasteiger partial charge in [-0.2, -0.15) is 0 Å². The van der Waals surface area contributed by atoms with Gasteiger partial charge in [-0.3, -0.25) is 14.4 Å². The van der Waals surface area contributed by atoms with E-state index in [9.17, 15) is 14.4 Å². The zero-order valence-corrected chi connectivity index (χ0v) is 34.4. The fraction of sp³-hybridized carbons (Fsp3) is 0.756. The number of esters is 3. The van der Waals surface area contributed by atoms with Gasteiger partial charge in [0.15, 0.2) is 6.10 Å². The highest BCUT2D eigenvalue weighted by molar-refractivity contribution is 5.71. The molecule has 0 aromatic carbocycles. The second-order valence-corrected chi connectivity index (χ2v) is 14.2. The number of nitrogens with zero attached hydrogens (tertiary/aromatic N) is 3. The first-order valence-corrected chi connectivity index (χ1v) is 21.6. The summed E-state index contributed by atoms with van der Waals surface area (Å²) in [5.74, 6) is -1.10. The van der Waals surface area contributed by atoms with E-state index in [1.807, 2.05) is 0 Å². The lowest BCUT2D eigenvalue weighted by atomic mass is 10.1. The van der Waals surface area contributed by atoms with Crippen LogP contribution in [0.25, 0.3) is 10.4 Å². The summed E-state index contributed by atoms with van der Waals surface area (Å²) < 4.78 is 16.4. The molecule has 0 saturated heterocycles.